The van der Waals surface area contributed by atoms with Crippen LogP contribution in [0.1, 0.15) is 11.3 Å². The molecule has 0 bridgehead atoms. The van der Waals surface area contributed by atoms with Gasteiger partial charge < -0.3 is 10.3 Å². The molecule has 0 fully saturated rings. The zero-order valence-corrected chi connectivity index (χ0v) is 12.9. The van der Waals surface area contributed by atoms with Crippen molar-refractivity contribution in [3.05, 3.63) is 76.0 Å². The van der Waals surface area contributed by atoms with E-state index < -0.39 is 4.92 Å². The Labute approximate surface area is 138 Å². The Bertz CT molecular complexity index is 957. The van der Waals surface area contributed by atoms with Crippen LogP contribution in [0.3, 0.4) is 0 Å². The Morgan fingerprint density at radius 2 is 2.04 bits per heavy atom. The molecular formula is C18H15N3O3. The number of hydrogen-bond donors (Lipinski definition) is 2. The summed E-state index contributed by atoms with van der Waals surface area (Å²) in [6.45, 7) is 1.97. The van der Waals surface area contributed by atoms with Gasteiger partial charge in [-0.2, -0.15) is 0 Å². The number of non-ortho nitro benzene ring substituents is 1. The highest BCUT2D eigenvalue weighted by Gasteiger charge is 2.05. The molecule has 1 heterocycles. The minimum Gasteiger partial charge on any atom is -0.359 e. The lowest BCUT2D eigenvalue weighted by Crippen LogP contribution is -2.07. The van der Waals surface area contributed by atoms with E-state index in [1.807, 2.05) is 31.2 Å². The molecule has 24 heavy (non-hydrogen) atoms. The van der Waals surface area contributed by atoms with Gasteiger partial charge in [-0.3, -0.25) is 14.9 Å². The first-order chi connectivity index (χ1) is 11.5. The van der Waals surface area contributed by atoms with Crippen molar-refractivity contribution in [3.63, 3.8) is 0 Å². The highest BCUT2D eigenvalue weighted by atomic mass is 16.6. The number of amides is 1. The van der Waals surface area contributed by atoms with Gasteiger partial charge in [0, 0.05) is 40.5 Å². The molecule has 0 aliphatic heterocycles. The molecule has 0 unspecified atom stereocenters. The van der Waals surface area contributed by atoms with Crippen molar-refractivity contribution < 1.29 is 9.72 Å². The van der Waals surface area contributed by atoms with Crippen LogP contribution in [-0.4, -0.2) is 15.8 Å². The van der Waals surface area contributed by atoms with Crippen molar-refractivity contribution in [3.8, 4) is 0 Å². The van der Waals surface area contributed by atoms with Gasteiger partial charge in [-0.25, -0.2) is 0 Å². The number of nitro benzene ring substituents is 1. The summed E-state index contributed by atoms with van der Waals surface area (Å²) in [5, 5.41) is 14.5. The molecule has 6 nitrogen and oxygen atoms in total. The normalized spacial score (nSPS) is 11.0. The van der Waals surface area contributed by atoms with Gasteiger partial charge >= 0.3 is 0 Å². The third kappa shape index (κ3) is 3.49. The number of benzene rings is 2. The van der Waals surface area contributed by atoms with Gasteiger partial charge in [0.1, 0.15) is 0 Å². The summed E-state index contributed by atoms with van der Waals surface area (Å²) < 4.78 is 0. The molecule has 0 saturated carbocycles. The van der Waals surface area contributed by atoms with Crippen molar-refractivity contribution in [2.45, 2.75) is 6.92 Å². The first-order valence-electron chi connectivity index (χ1n) is 7.34. The number of H-pyrrole nitrogens is 1. The molecule has 2 aromatic carbocycles. The lowest BCUT2D eigenvalue weighted by Gasteiger charge is -2.02. The summed E-state index contributed by atoms with van der Waals surface area (Å²) in [6, 6.07) is 13.7. The molecule has 1 aromatic heterocycles. The maximum absolute atomic E-state index is 12.0. The number of rotatable bonds is 4. The van der Waals surface area contributed by atoms with Gasteiger partial charge in [0.25, 0.3) is 5.69 Å². The van der Waals surface area contributed by atoms with E-state index in [1.165, 1.54) is 18.2 Å². The Morgan fingerprint density at radius 3 is 2.83 bits per heavy atom. The predicted octanol–water partition coefficient (Wildman–Crippen LogP) is 4.04. The van der Waals surface area contributed by atoms with Crippen LogP contribution in [0.2, 0.25) is 0 Å². The number of aromatic nitrogens is 1. The molecule has 1 amide bonds. The minimum atomic E-state index is -0.467. The van der Waals surface area contributed by atoms with Gasteiger partial charge in [-0.05, 0) is 42.8 Å². The first-order valence-corrected chi connectivity index (χ1v) is 7.34. The van der Waals surface area contributed by atoms with Crippen molar-refractivity contribution >= 4 is 34.3 Å². The quantitative estimate of drug-likeness (QED) is 0.432. The minimum absolute atomic E-state index is 0.00848. The highest BCUT2D eigenvalue weighted by Crippen LogP contribution is 2.20. The van der Waals surface area contributed by atoms with Crippen LogP contribution < -0.4 is 5.32 Å². The number of carbonyl (C=O) groups is 1. The van der Waals surface area contributed by atoms with E-state index >= 15 is 0 Å². The van der Waals surface area contributed by atoms with Crippen molar-refractivity contribution in [1.82, 2.24) is 4.98 Å². The molecule has 3 rings (SSSR count). The third-order valence-electron chi connectivity index (χ3n) is 3.53. The molecule has 0 radical (unpaired) electrons. The van der Waals surface area contributed by atoms with Gasteiger partial charge in [-0.15, -0.1) is 0 Å². The number of nitrogens with one attached hydrogen (secondary N) is 2. The Kier molecular flexibility index (Phi) is 4.11. The van der Waals surface area contributed by atoms with Crippen LogP contribution in [0.5, 0.6) is 0 Å². The monoisotopic (exact) mass is 321 g/mol. The fourth-order valence-corrected chi connectivity index (χ4v) is 2.45. The first kappa shape index (κ1) is 15.5. The molecule has 0 spiro atoms. The Morgan fingerprint density at radius 1 is 1.21 bits per heavy atom. The maximum atomic E-state index is 12.0. The van der Waals surface area contributed by atoms with E-state index in [2.05, 4.69) is 10.3 Å². The molecule has 2 N–H and O–H groups in total. The van der Waals surface area contributed by atoms with E-state index in [-0.39, 0.29) is 11.6 Å². The Hall–Kier alpha value is -3.41. The standard InChI is InChI=1S/C18H15N3O3/c1-12-9-14-11-15(6-7-17(14)19-12)20-18(22)8-5-13-3-2-4-16(10-13)21(23)24/h2-11,19H,1H3,(H,20,22). The van der Waals surface area contributed by atoms with E-state index in [0.29, 0.717) is 11.3 Å². The summed E-state index contributed by atoms with van der Waals surface area (Å²) in [5.41, 5.74) is 3.34. The summed E-state index contributed by atoms with van der Waals surface area (Å²) in [4.78, 5) is 25.5. The smallest absolute Gasteiger partial charge is 0.270 e. The summed E-state index contributed by atoms with van der Waals surface area (Å²) in [6.07, 6.45) is 2.90. The van der Waals surface area contributed by atoms with Gasteiger partial charge in [-0.1, -0.05) is 12.1 Å². The molecule has 0 aliphatic rings. The molecule has 0 aliphatic carbocycles. The number of nitro groups is 1. The average molecular weight is 321 g/mol. The number of anilines is 1. The van der Waals surface area contributed by atoms with Crippen molar-refractivity contribution in [2.24, 2.45) is 0 Å². The van der Waals surface area contributed by atoms with Crippen LogP contribution in [0.25, 0.3) is 17.0 Å². The van der Waals surface area contributed by atoms with E-state index in [0.717, 1.165) is 16.6 Å². The number of nitrogens with zero attached hydrogens (tertiary/aromatic N) is 1. The second-order valence-corrected chi connectivity index (χ2v) is 5.43. The van der Waals surface area contributed by atoms with Gasteiger partial charge in [0.2, 0.25) is 5.91 Å². The fourth-order valence-electron chi connectivity index (χ4n) is 2.45. The lowest BCUT2D eigenvalue weighted by molar-refractivity contribution is -0.384. The van der Waals surface area contributed by atoms with E-state index in [1.54, 1.807) is 18.2 Å². The van der Waals surface area contributed by atoms with Crippen LogP contribution in [-0.2, 0) is 4.79 Å². The zero-order valence-electron chi connectivity index (χ0n) is 12.9. The molecule has 0 saturated heterocycles. The van der Waals surface area contributed by atoms with Gasteiger partial charge in [0.15, 0.2) is 0 Å². The number of fused-ring (bicyclic) bond motifs is 1. The number of aryl methyl sites for hydroxylation is 1. The van der Waals surface area contributed by atoms with Crippen LogP contribution in [0.15, 0.2) is 54.6 Å². The second-order valence-electron chi connectivity index (χ2n) is 5.43. The molecule has 6 heteroatoms. The summed E-state index contributed by atoms with van der Waals surface area (Å²) in [7, 11) is 0. The fraction of sp³-hybridized carbons (Fsp3) is 0.0556. The summed E-state index contributed by atoms with van der Waals surface area (Å²) in [5.74, 6) is -0.298. The average Bonchev–Trinajstić information content (AvgIpc) is 2.92. The number of hydrogen-bond acceptors (Lipinski definition) is 3. The summed E-state index contributed by atoms with van der Waals surface area (Å²) >= 11 is 0. The second kappa shape index (κ2) is 6.37. The molecular weight excluding hydrogens is 306 g/mol. The highest BCUT2D eigenvalue weighted by molar-refractivity contribution is 6.03. The largest absolute Gasteiger partial charge is 0.359 e. The third-order valence-corrected chi connectivity index (χ3v) is 3.53. The Balaban J connectivity index is 1.72. The number of aromatic amines is 1. The van der Waals surface area contributed by atoms with E-state index in [9.17, 15) is 14.9 Å². The van der Waals surface area contributed by atoms with Crippen molar-refractivity contribution in [2.75, 3.05) is 5.32 Å². The molecule has 3 aromatic rings. The molecule has 0 atom stereocenters. The van der Waals surface area contributed by atoms with Gasteiger partial charge in [0.05, 0.1) is 4.92 Å². The van der Waals surface area contributed by atoms with Crippen LogP contribution in [0, 0.1) is 17.0 Å². The zero-order chi connectivity index (χ0) is 17.1. The lowest BCUT2D eigenvalue weighted by atomic mass is 10.2. The maximum Gasteiger partial charge on any atom is 0.270 e. The van der Waals surface area contributed by atoms with E-state index in [4.69, 9.17) is 0 Å². The van der Waals surface area contributed by atoms with Crippen LogP contribution in [0.4, 0.5) is 11.4 Å². The van der Waals surface area contributed by atoms with Crippen molar-refractivity contribution in [1.29, 1.82) is 0 Å². The topological polar surface area (TPSA) is 88.0 Å². The SMILES string of the molecule is Cc1cc2cc(NC(=O)C=Cc3cccc([N+](=O)[O-])c3)ccc2[nH]1. The predicted molar refractivity (Wildman–Crippen MR) is 93.8 cm³/mol. The molecule has 120 valence electrons. The van der Waals surface area contributed by atoms with Crippen LogP contribution >= 0.6 is 0 Å². The number of carbonyl (C=O) groups excluding carboxylic acids is 1.